The van der Waals surface area contributed by atoms with Crippen LogP contribution >= 0.6 is 11.3 Å². The zero-order valence-electron chi connectivity index (χ0n) is 17.3. The minimum atomic E-state index is -3.70. The number of rotatable bonds is 6. The second-order valence-electron chi connectivity index (χ2n) is 8.00. The fourth-order valence-corrected chi connectivity index (χ4v) is 6.07. The summed E-state index contributed by atoms with van der Waals surface area (Å²) in [5.74, 6) is -0.334. The monoisotopic (exact) mass is 466 g/mol. The van der Waals surface area contributed by atoms with Gasteiger partial charge in [-0.3, -0.25) is 9.52 Å². The largest absolute Gasteiger partial charge is 0.361 e. The van der Waals surface area contributed by atoms with E-state index in [9.17, 15) is 13.2 Å². The van der Waals surface area contributed by atoms with Crippen molar-refractivity contribution in [3.8, 4) is 0 Å². The normalized spacial score (nSPS) is 16.6. The predicted molar refractivity (Wildman–Crippen MR) is 125 cm³/mol. The number of hydrogen-bond donors (Lipinski definition) is 3. The summed E-state index contributed by atoms with van der Waals surface area (Å²) in [5.41, 5.74) is 3.98. The third-order valence-electron chi connectivity index (χ3n) is 5.90. The van der Waals surface area contributed by atoms with Gasteiger partial charge in [0.25, 0.3) is 10.0 Å². The maximum atomic E-state index is 13.0. The van der Waals surface area contributed by atoms with Gasteiger partial charge in [-0.2, -0.15) is 0 Å². The molecule has 1 aliphatic carbocycles. The lowest BCUT2D eigenvalue weighted by Crippen LogP contribution is -2.37. The number of sulfonamides is 1. The average Bonchev–Trinajstić information content (AvgIpc) is 3.51. The lowest BCUT2D eigenvalue weighted by atomic mass is 9.99. The number of nitrogens with one attached hydrogen (secondary N) is 3. The molecule has 1 aliphatic rings. The van der Waals surface area contributed by atoms with E-state index in [4.69, 9.17) is 0 Å². The van der Waals surface area contributed by atoms with Crippen LogP contribution in [0, 0.1) is 0 Å². The molecule has 4 aromatic rings. The summed E-state index contributed by atoms with van der Waals surface area (Å²) in [4.78, 5) is 20.4. The highest BCUT2D eigenvalue weighted by Crippen LogP contribution is 2.29. The van der Waals surface area contributed by atoms with E-state index in [0.717, 1.165) is 27.6 Å². The number of hydrogen-bond acceptors (Lipinski definition) is 5. The van der Waals surface area contributed by atoms with Crippen molar-refractivity contribution >= 4 is 43.3 Å². The van der Waals surface area contributed by atoms with Crippen LogP contribution in [-0.2, 0) is 27.7 Å². The van der Waals surface area contributed by atoms with Crippen LogP contribution in [0.1, 0.15) is 29.5 Å². The van der Waals surface area contributed by atoms with Crippen LogP contribution < -0.4 is 10.0 Å². The van der Waals surface area contributed by atoms with Crippen molar-refractivity contribution in [2.45, 2.75) is 36.6 Å². The molecule has 0 saturated carbocycles. The molecule has 2 aromatic carbocycles. The zero-order valence-corrected chi connectivity index (χ0v) is 19.0. The number of carbonyl (C=O) groups excluding carboxylic acids is 1. The topological polar surface area (TPSA) is 104 Å². The molecule has 0 aliphatic heterocycles. The van der Waals surface area contributed by atoms with Crippen LogP contribution in [0.3, 0.4) is 0 Å². The molecule has 164 valence electrons. The molecule has 0 bridgehead atoms. The lowest BCUT2D eigenvalue weighted by Gasteiger charge is -2.16. The van der Waals surface area contributed by atoms with Crippen molar-refractivity contribution in [3.63, 3.8) is 0 Å². The van der Waals surface area contributed by atoms with Crippen molar-refractivity contribution in [3.05, 3.63) is 76.9 Å². The average molecular weight is 467 g/mol. The van der Waals surface area contributed by atoms with Gasteiger partial charge < -0.3 is 10.3 Å². The molecule has 0 spiro atoms. The van der Waals surface area contributed by atoms with Gasteiger partial charge in [-0.15, -0.1) is 11.3 Å². The summed E-state index contributed by atoms with van der Waals surface area (Å²) in [5, 5.41) is 6.24. The van der Waals surface area contributed by atoms with Gasteiger partial charge in [-0.1, -0.05) is 24.3 Å². The number of fused-ring (bicyclic) bond motifs is 2. The molecule has 1 amide bonds. The molecule has 0 fully saturated rings. The van der Waals surface area contributed by atoms with E-state index in [2.05, 4.69) is 20.0 Å². The number of benzene rings is 2. The van der Waals surface area contributed by atoms with Crippen LogP contribution in [-0.4, -0.2) is 30.3 Å². The summed E-state index contributed by atoms with van der Waals surface area (Å²) in [7, 11) is -3.70. The van der Waals surface area contributed by atoms with Crippen molar-refractivity contribution in [2.75, 3.05) is 4.72 Å². The van der Waals surface area contributed by atoms with E-state index in [0.29, 0.717) is 18.0 Å². The highest BCUT2D eigenvalue weighted by molar-refractivity contribution is 7.93. The van der Waals surface area contributed by atoms with Gasteiger partial charge in [-0.25, -0.2) is 13.4 Å². The van der Waals surface area contributed by atoms with Gasteiger partial charge in [-0.05, 0) is 54.7 Å². The molecule has 2 unspecified atom stereocenters. The summed E-state index contributed by atoms with van der Waals surface area (Å²) < 4.78 is 27.8. The first-order valence-corrected chi connectivity index (χ1v) is 12.7. The number of aromatic nitrogens is 2. The predicted octanol–water partition coefficient (Wildman–Crippen LogP) is 3.81. The molecule has 3 N–H and O–H groups in total. The number of amides is 1. The SMILES string of the molecule is CC(C(=O)NC1Cc2ccc(S(=O)(=O)Nc3nccs3)cc2C1)c1c[nH]c2ccccc12. The fraction of sp³-hybridized carbons (Fsp3) is 0.217. The molecule has 0 radical (unpaired) electrons. The quantitative estimate of drug-likeness (QED) is 0.402. The van der Waals surface area contributed by atoms with Crippen LogP contribution in [0.5, 0.6) is 0 Å². The first kappa shape index (κ1) is 20.7. The maximum Gasteiger partial charge on any atom is 0.263 e. The number of thiazole rings is 1. The van der Waals surface area contributed by atoms with Crippen LogP contribution in [0.2, 0.25) is 0 Å². The van der Waals surface area contributed by atoms with E-state index >= 15 is 0 Å². The Kier molecular flexibility index (Phi) is 5.22. The second kappa shape index (κ2) is 8.07. The molecule has 5 rings (SSSR count). The van der Waals surface area contributed by atoms with Crippen molar-refractivity contribution in [1.29, 1.82) is 0 Å². The molecular formula is C23H22N4O3S2. The van der Waals surface area contributed by atoms with E-state index in [1.54, 1.807) is 23.7 Å². The van der Waals surface area contributed by atoms with Gasteiger partial charge in [0.05, 0.1) is 10.8 Å². The summed E-state index contributed by atoms with van der Waals surface area (Å²) in [6.45, 7) is 1.90. The van der Waals surface area contributed by atoms with Gasteiger partial charge in [0.2, 0.25) is 5.91 Å². The maximum absolute atomic E-state index is 13.0. The van der Waals surface area contributed by atoms with E-state index in [-0.39, 0.29) is 22.8 Å². The Balaban J connectivity index is 1.28. The molecule has 7 nitrogen and oxygen atoms in total. The summed E-state index contributed by atoms with van der Waals surface area (Å²) >= 11 is 1.23. The summed E-state index contributed by atoms with van der Waals surface area (Å²) in [6, 6.07) is 13.0. The Morgan fingerprint density at radius 1 is 1.19 bits per heavy atom. The first-order chi connectivity index (χ1) is 15.4. The highest BCUT2D eigenvalue weighted by atomic mass is 32.2. The third kappa shape index (κ3) is 3.89. The van der Waals surface area contributed by atoms with Gasteiger partial charge in [0.1, 0.15) is 0 Å². The zero-order chi connectivity index (χ0) is 22.3. The highest BCUT2D eigenvalue weighted by Gasteiger charge is 2.28. The van der Waals surface area contributed by atoms with Crippen LogP contribution in [0.15, 0.2) is 65.1 Å². The molecule has 9 heteroatoms. The van der Waals surface area contributed by atoms with Crippen LogP contribution in [0.25, 0.3) is 10.9 Å². The molecule has 0 saturated heterocycles. The number of carbonyl (C=O) groups is 1. The molecular weight excluding hydrogens is 444 g/mol. The third-order valence-corrected chi connectivity index (χ3v) is 8.06. The molecule has 32 heavy (non-hydrogen) atoms. The standard InChI is InChI=1S/C23H22N4O3S2/c1-14(20-13-25-21-5-3-2-4-19(20)21)22(28)26-17-10-15-6-7-18(12-16(15)11-17)32(29,30)27-23-24-8-9-31-23/h2-9,12-14,17,25H,10-11H2,1H3,(H,24,27)(H,26,28). The number of nitrogens with zero attached hydrogens (tertiary/aromatic N) is 1. The number of anilines is 1. The smallest absolute Gasteiger partial charge is 0.263 e. The molecule has 2 aromatic heterocycles. The minimum Gasteiger partial charge on any atom is -0.361 e. The Bertz CT molecular complexity index is 1390. The Morgan fingerprint density at radius 2 is 2.00 bits per heavy atom. The Morgan fingerprint density at radius 3 is 2.81 bits per heavy atom. The Hall–Kier alpha value is -3.17. The first-order valence-electron chi connectivity index (χ1n) is 10.3. The second-order valence-corrected chi connectivity index (χ2v) is 10.6. The van der Waals surface area contributed by atoms with E-state index in [1.807, 2.05) is 43.5 Å². The molecule has 2 atom stereocenters. The minimum absolute atomic E-state index is 0.0363. The van der Waals surface area contributed by atoms with Crippen LogP contribution in [0.4, 0.5) is 5.13 Å². The van der Waals surface area contributed by atoms with Gasteiger partial charge in [0, 0.05) is 34.7 Å². The summed E-state index contributed by atoms with van der Waals surface area (Å²) in [6.07, 6.45) is 4.73. The number of aromatic amines is 1. The van der Waals surface area contributed by atoms with E-state index < -0.39 is 10.0 Å². The lowest BCUT2D eigenvalue weighted by molar-refractivity contribution is -0.122. The Labute approximate surface area is 190 Å². The van der Waals surface area contributed by atoms with Gasteiger partial charge in [0.15, 0.2) is 5.13 Å². The van der Waals surface area contributed by atoms with Crippen molar-refractivity contribution in [1.82, 2.24) is 15.3 Å². The van der Waals surface area contributed by atoms with Crippen molar-refractivity contribution in [2.24, 2.45) is 0 Å². The van der Waals surface area contributed by atoms with Gasteiger partial charge >= 0.3 is 0 Å². The van der Waals surface area contributed by atoms with Crippen molar-refractivity contribution < 1.29 is 13.2 Å². The number of para-hydroxylation sites is 1. The fourth-order valence-electron chi connectivity index (χ4n) is 4.23. The molecule has 2 heterocycles. The number of H-pyrrole nitrogens is 1. The van der Waals surface area contributed by atoms with E-state index in [1.165, 1.54) is 11.3 Å².